The van der Waals surface area contributed by atoms with Crippen molar-refractivity contribution >= 4 is 34.7 Å². The van der Waals surface area contributed by atoms with Gasteiger partial charge < -0.3 is 0 Å². The predicted octanol–water partition coefficient (Wildman–Crippen LogP) is 9.26. The maximum atomic E-state index is 15.0. The summed E-state index contributed by atoms with van der Waals surface area (Å²) in [5.74, 6) is -4.12. The van der Waals surface area contributed by atoms with Gasteiger partial charge in [0, 0.05) is 17.1 Å². The van der Waals surface area contributed by atoms with E-state index < -0.39 is 63.0 Å². The zero-order chi connectivity index (χ0) is 36.5. The Morgan fingerprint density at radius 3 is 0.528 bits per heavy atom. The molecule has 0 bridgehead atoms. The Labute approximate surface area is 322 Å². The first-order valence-corrected chi connectivity index (χ1v) is 18.4. The first-order chi connectivity index (χ1) is 25.4. The third-order valence-electron chi connectivity index (χ3n) is 8.40. The van der Waals surface area contributed by atoms with Gasteiger partial charge in [-0.15, -0.1) is 0 Å². The Hall–Kier alpha value is -5.62. The van der Waals surface area contributed by atoms with E-state index in [0.717, 1.165) is 0 Å². The molecule has 0 atom stereocenters. The fourth-order valence-electron chi connectivity index (χ4n) is 5.82. The van der Waals surface area contributed by atoms with Gasteiger partial charge in [0.15, 0.2) is 0 Å². The van der Waals surface area contributed by atoms with Gasteiger partial charge in [-0.1, -0.05) is 0 Å². The summed E-state index contributed by atoms with van der Waals surface area (Å²) in [6.07, 6.45) is 0. The zero-order valence-electron chi connectivity index (χ0n) is 28.2. The summed E-state index contributed by atoms with van der Waals surface area (Å²) in [5.41, 5.74) is 0.863. The van der Waals surface area contributed by atoms with E-state index in [1.54, 1.807) is 182 Å². The van der Waals surface area contributed by atoms with Gasteiger partial charge in [0.1, 0.15) is 0 Å². The smallest absolute Gasteiger partial charge is 0 e. The van der Waals surface area contributed by atoms with Crippen LogP contribution in [-0.2, 0) is 31.0 Å². The van der Waals surface area contributed by atoms with E-state index in [-0.39, 0.29) is 50.4 Å². The van der Waals surface area contributed by atoms with Crippen molar-refractivity contribution in [3.05, 3.63) is 215 Å². The average Bonchev–Trinajstić information content (AvgIpc) is 3.22. The van der Waals surface area contributed by atoms with Crippen LogP contribution in [0.3, 0.4) is 0 Å². The standard InChI is InChI=1S/3C15H11O2.2Fe/c3*16-14(12-7-3-1-4-8-12)11-15(17)13-9-5-2-6-10-13;;/h3*1-11H;;. The first kappa shape index (κ1) is 38.6. The summed E-state index contributed by atoms with van der Waals surface area (Å²) in [6, 6.07) is 48.6. The molecule has 8 heteroatoms. The van der Waals surface area contributed by atoms with Crippen molar-refractivity contribution in [1.82, 2.24) is 0 Å². The Balaban J connectivity index is 0.00000541. The molecule has 265 valence electrons. The molecule has 6 aromatic rings. The van der Waals surface area contributed by atoms with Crippen molar-refractivity contribution in [3.8, 4) is 0 Å². The average molecular weight is 781 g/mol. The van der Waals surface area contributed by atoms with Crippen LogP contribution in [0.15, 0.2) is 182 Å². The molecule has 6 nitrogen and oxygen atoms in total. The minimum absolute atomic E-state index is 0. The van der Waals surface area contributed by atoms with Gasteiger partial charge in [0.05, 0.1) is 0 Å². The van der Waals surface area contributed by atoms with Gasteiger partial charge in [-0.25, -0.2) is 0 Å². The van der Waals surface area contributed by atoms with Crippen LogP contribution in [0, 0.1) is 0 Å². The number of rotatable bonds is 15. The summed E-state index contributed by atoms with van der Waals surface area (Å²) in [6.45, 7) is 0. The monoisotopic (exact) mass is 781 g/mol. The number of benzene rings is 6. The Bertz CT molecular complexity index is 1790. The predicted molar refractivity (Wildman–Crippen MR) is 196 cm³/mol. The number of carbonyl (C=O) groups is 6. The van der Waals surface area contributed by atoms with E-state index in [1.165, 1.54) is 0 Å². The molecule has 0 saturated carbocycles. The number of hydrogen-bond acceptors (Lipinski definition) is 6. The maximum absolute atomic E-state index is 15.0. The van der Waals surface area contributed by atoms with E-state index in [2.05, 4.69) is 0 Å². The van der Waals surface area contributed by atoms with E-state index in [0.29, 0.717) is 0 Å². The molecule has 6 aromatic carbocycles. The SMILES string of the molecule is O=C(c1ccccc1)[CH](C(=O)c1ccccc1)[Fe]([CH](C(=O)c1ccccc1)C(=O)c1ccccc1)[CH](C(=O)c1ccccc1)C(=O)c1ccccc1.[Fe]. The van der Waals surface area contributed by atoms with Crippen molar-refractivity contribution in [2.45, 2.75) is 14.4 Å². The van der Waals surface area contributed by atoms with Crippen molar-refractivity contribution in [2.24, 2.45) is 0 Å². The van der Waals surface area contributed by atoms with Crippen LogP contribution in [0.1, 0.15) is 62.1 Å². The van der Waals surface area contributed by atoms with Crippen molar-refractivity contribution in [1.29, 1.82) is 0 Å². The van der Waals surface area contributed by atoms with Crippen LogP contribution in [0.25, 0.3) is 0 Å². The van der Waals surface area contributed by atoms with E-state index in [4.69, 9.17) is 0 Å². The largest absolute Gasteiger partial charge is 0 e. The molecular formula is C45H33Fe2O6. The van der Waals surface area contributed by atoms with Gasteiger partial charge in [-0.2, -0.15) is 0 Å². The fourth-order valence-corrected chi connectivity index (χ4v) is 10.0. The van der Waals surface area contributed by atoms with Crippen LogP contribution in [0.5, 0.6) is 0 Å². The third kappa shape index (κ3) is 8.71. The molecular weight excluding hydrogens is 748 g/mol. The van der Waals surface area contributed by atoms with Crippen molar-refractivity contribution < 1.29 is 59.7 Å². The number of carbonyl (C=O) groups excluding carboxylic acids is 6. The van der Waals surface area contributed by atoms with Crippen molar-refractivity contribution in [2.75, 3.05) is 0 Å². The molecule has 53 heavy (non-hydrogen) atoms. The van der Waals surface area contributed by atoms with Gasteiger partial charge in [-0.05, 0) is 0 Å². The number of hydrogen-bond donors (Lipinski definition) is 0. The minimum Gasteiger partial charge on any atom is 0 e. The number of Topliss-reactive ketones (excluding diaryl/α,β-unsaturated/α-hetero) is 6. The molecule has 0 spiro atoms. The van der Waals surface area contributed by atoms with E-state index >= 15 is 28.8 Å². The Morgan fingerprint density at radius 1 is 0.264 bits per heavy atom. The minimum atomic E-state index is -3.13. The second kappa shape index (κ2) is 18.2. The summed E-state index contributed by atoms with van der Waals surface area (Å²) >= 11 is -3.13. The van der Waals surface area contributed by atoms with Gasteiger partial charge in [-0.3, -0.25) is 0 Å². The van der Waals surface area contributed by atoms with Gasteiger partial charge in [0.2, 0.25) is 0 Å². The molecule has 6 rings (SSSR count). The molecule has 0 heterocycles. The van der Waals surface area contributed by atoms with E-state index in [1.807, 2.05) is 0 Å². The molecule has 0 N–H and O–H groups in total. The molecule has 0 aliphatic carbocycles. The molecule has 0 aliphatic heterocycles. The van der Waals surface area contributed by atoms with Crippen LogP contribution >= 0.6 is 0 Å². The maximum Gasteiger partial charge on any atom is 0 e. The molecule has 0 unspecified atom stereocenters. The van der Waals surface area contributed by atoms with Crippen molar-refractivity contribution in [3.63, 3.8) is 0 Å². The van der Waals surface area contributed by atoms with Crippen LogP contribution < -0.4 is 0 Å². The summed E-state index contributed by atoms with van der Waals surface area (Å²) in [4.78, 5) is 84.8. The van der Waals surface area contributed by atoms with Gasteiger partial charge in [0.25, 0.3) is 0 Å². The number of ketones is 6. The summed E-state index contributed by atoms with van der Waals surface area (Å²) in [7, 11) is 0. The second-order valence-corrected chi connectivity index (χ2v) is 14.8. The first-order valence-electron chi connectivity index (χ1n) is 16.5. The summed E-state index contributed by atoms with van der Waals surface area (Å²) in [5, 5.41) is 0. The zero-order valence-corrected chi connectivity index (χ0v) is 30.4. The third-order valence-corrected chi connectivity index (χ3v) is 12.3. The van der Waals surface area contributed by atoms with Crippen LogP contribution in [0.4, 0.5) is 0 Å². The Kier molecular flexibility index (Phi) is 13.3. The molecule has 0 saturated heterocycles. The quantitative estimate of drug-likeness (QED) is 0.0585. The molecule has 0 fully saturated rings. The van der Waals surface area contributed by atoms with Crippen LogP contribution in [0.2, 0.25) is 14.4 Å². The fraction of sp³-hybridized carbons (Fsp3) is 0.0667. The summed E-state index contributed by atoms with van der Waals surface area (Å²) < 4.78 is 0. The normalized spacial score (nSPS) is 11.0. The second-order valence-electron chi connectivity index (χ2n) is 11.8. The molecule has 0 aromatic heterocycles. The van der Waals surface area contributed by atoms with Gasteiger partial charge >= 0.3 is 307 Å². The topological polar surface area (TPSA) is 102 Å². The van der Waals surface area contributed by atoms with E-state index in [9.17, 15) is 0 Å². The molecule has 0 amide bonds. The molecule has 0 radical (unpaired) electrons. The van der Waals surface area contributed by atoms with Crippen LogP contribution in [-0.4, -0.2) is 34.7 Å². The molecule has 0 aliphatic rings. The Morgan fingerprint density at radius 2 is 0.396 bits per heavy atom.